The minimum absolute atomic E-state index is 0.206. The van der Waals surface area contributed by atoms with Gasteiger partial charge in [0, 0.05) is 25.0 Å². The quantitative estimate of drug-likeness (QED) is 0.668. The molecule has 1 aliphatic heterocycles. The first kappa shape index (κ1) is 15.0. The van der Waals surface area contributed by atoms with Gasteiger partial charge in [-0.2, -0.15) is 5.10 Å². The zero-order valence-corrected chi connectivity index (χ0v) is 12.9. The molecule has 0 bridgehead atoms. The van der Waals surface area contributed by atoms with Gasteiger partial charge in [0.15, 0.2) is 0 Å². The molecular formula is C15H17N5O3. The standard InChI is InChI=1S/C15H17N5O3/c1-9-14(20(22)23)13(18-17-9)15(21)16-11-5-6-12-10(8-11)4-3-7-19(12)2/h5-6,8H,3-4,7H2,1-2H3,(H,16,21)(H,17,18). The summed E-state index contributed by atoms with van der Waals surface area (Å²) in [5.41, 5.74) is 2.67. The van der Waals surface area contributed by atoms with Gasteiger partial charge in [0.2, 0.25) is 5.69 Å². The lowest BCUT2D eigenvalue weighted by molar-refractivity contribution is -0.385. The number of amides is 1. The molecule has 0 atom stereocenters. The fraction of sp³-hybridized carbons (Fsp3) is 0.333. The van der Waals surface area contributed by atoms with Crippen LogP contribution in [-0.2, 0) is 6.42 Å². The van der Waals surface area contributed by atoms with E-state index < -0.39 is 10.8 Å². The molecule has 2 N–H and O–H groups in total. The number of fused-ring (bicyclic) bond motifs is 1. The maximum Gasteiger partial charge on any atom is 0.322 e. The molecule has 0 unspecified atom stereocenters. The topological polar surface area (TPSA) is 104 Å². The highest BCUT2D eigenvalue weighted by atomic mass is 16.6. The molecule has 3 rings (SSSR count). The fourth-order valence-electron chi connectivity index (χ4n) is 2.86. The van der Waals surface area contributed by atoms with E-state index in [1.807, 2.05) is 19.2 Å². The van der Waals surface area contributed by atoms with E-state index in [4.69, 9.17) is 0 Å². The van der Waals surface area contributed by atoms with E-state index in [0.717, 1.165) is 30.6 Å². The summed E-state index contributed by atoms with van der Waals surface area (Å²) in [5.74, 6) is -0.592. The lowest BCUT2D eigenvalue weighted by atomic mass is 10.0. The number of carbonyl (C=O) groups excluding carboxylic acids is 1. The zero-order valence-electron chi connectivity index (χ0n) is 12.9. The number of H-pyrrole nitrogens is 1. The molecule has 0 fully saturated rings. The molecule has 2 aromatic rings. The number of nitrogens with zero attached hydrogens (tertiary/aromatic N) is 3. The maximum atomic E-state index is 12.3. The average Bonchev–Trinajstić information content (AvgIpc) is 2.89. The molecule has 1 amide bonds. The van der Waals surface area contributed by atoms with Crippen molar-refractivity contribution >= 4 is 23.0 Å². The normalized spacial score (nSPS) is 13.6. The Bertz CT molecular complexity index is 783. The third kappa shape index (κ3) is 2.75. The third-order valence-electron chi connectivity index (χ3n) is 4.00. The summed E-state index contributed by atoms with van der Waals surface area (Å²) in [6, 6.07) is 5.66. The predicted octanol–water partition coefficient (Wildman–Crippen LogP) is 2.26. The second kappa shape index (κ2) is 5.71. The summed E-state index contributed by atoms with van der Waals surface area (Å²) in [6.45, 7) is 2.52. The Morgan fingerprint density at radius 3 is 3.00 bits per heavy atom. The second-order valence-corrected chi connectivity index (χ2v) is 5.63. The fourth-order valence-corrected chi connectivity index (χ4v) is 2.86. The van der Waals surface area contributed by atoms with E-state index in [2.05, 4.69) is 20.4 Å². The first-order chi connectivity index (χ1) is 11.0. The van der Waals surface area contributed by atoms with Crippen LogP contribution in [0.25, 0.3) is 0 Å². The molecule has 23 heavy (non-hydrogen) atoms. The van der Waals surface area contributed by atoms with E-state index in [1.165, 1.54) is 6.92 Å². The molecule has 0 saturated carbocycles. The van der Waals surface area contributed by atoms with E-state index in [-0.39, 0.29) is 17.1 Å². The van der Waals surface area contributed by atoms with Gasteiger partial charge in [0.25, 0.3) is 5.91 Å². The molecule has 0 saturated heterocycles. The molecule has 8 nitrogen and oxygen atoms in total. The van der Waals surface area contributed by atoms with Crippen LogP contribution in [0.4, 0.5) is 17.1 Å². The molecule has 1 aromatic heterocycles. The highest BCUT2D eigenvalue weighted by Gasteiger charge is 2.27. The van der Waals surface area contributed by atoms with Crippen LogP contribution in [0.1, 0.15) is 28.2 Å². The van der Waals surface area contributed by atoms with Gasteiger partial charge in [0.1, 0.15) is 5.69 Å². The van der Waals surface area contributed by atoms with Gasteiger partial charge in [-0.3, -0.25) is 20.0 Å². The molecule has 1 aliphatic rings. The van der Waals surface area contributed by atoms with Crippen molar-refractivity contribution in [1.29, 1.82) is 0 Å². The number of benzene rings is 1. The van der Waals surface area contributed by atoms with Crippen molar-refractivity contribution in [1.82, 2.24) is 10.2 Å². The number of hydrogen-bond acceptors (Lipinski definition) is 5. The van der Waals surface area contributed by atoms with Crippen molar-refractivity contribution in [2.24, 2.45) is 0 Å². The third-order valence-corrected chi connectivity index (χ3v) is 4.00. The summed E-state index contributed by atoms with van der Waals surface area (Å²) in [5, 5.41) is 20.0. The first-order valence-corrected chi connectivity index (χ1v) is 7.32. The molecule has 0 spiro atoms. The number of carbonyl (C=O) groups is 1. The largest absolute Gasteiger partial charge is 0.374 e. The van der Waals surface area contributed by atoms with Crippen LogP contribution in [0.3, 0.4) is 0 Å². The molecule has 8 heteroatoms. The number of nitrogens with one attached hydrogen (secondary N) is 2. The van der Waals surface area contributed by atoms with Crippen molar-refractivity contribution < 1.29 is 9.72 Å². The number of aromatic nitrogens is 2. The van der Waals surface area contributed by atoms with Crippen LogP contribution >= 0.6 is 0 Å². The van der Waals surface area contributed by atoms with Crippen LogP contribution < -0.4 is 10.2 Å². The van der Waals surface area contributed by atoms with E-state index in [1.54, 1.807) is 6.07 Å². The van der Waals surface area contributed by atoms with Crippen LogP contribution in [0.5, 0.6) is 0 Å². The van der Waals surface area contributed by atoms with Crippen LogP contribution in [0.2, 0.25) is 0 Å². The highest BCUT2D eigenvalue weighted by Crippen LogP contribution is 2.29. The summed E-state index contributed by atoms with van der Waals surface area (Å²) in [6.07, 6.45) is 2.01. The summed E-state index contributed by atoms with van der Waals surface area (Å²) in [7, 11) is 2.03. The summed E-state index contributed by atoms with van der Waals surface area (Å²) < 4.78 is 0. The number of aromatic amines is 1. The average molecular weight is 315 g/mol. The Hall–Kier alpha value is -2.90. The second-order valence-electron chi connectivity index (χ2n) is 5.63. The van der Waals surface area contributed by atoms with Crippen molar-refractivity contribution in [3.05, 3.63) is 45.3 Å². The Morgan fingerprint density at radius 1 is 1.48 bits per heavy atom. The van der Waals surface area contributed by atoms with Crippen molar-refractivity contribution in [3.63, 3.8) is 0 Å². The zero-order chi connectivity index (χ0) is 16.6. The van der Waals surface area contributed by atoms with Crippen molar-refractivity contribution in [2.45, 2.75) is 19.8 Å². The van der Waals surface area contributed by atoms with Crippen LogP contribution in [0, 0.1) is 17.0 Å². The lowest BCUT2D eigenvalue weighted by Crippen LogP contribution is -2.24. The van der Waals surface area contributed by atoms with E-state index in [9.17, 15) is 14.9 Å². The van der Waals surface area contributed by atoms with Crippen molar-refractivity contribution in [2.75, 3.05) is 23.8 Å². The van der Waals surface area contributed by atoms with Gasteiger partial charge >= 0.3 is 5.69 Å². The van der Waals surface area contributed by atoms with Gasteiger partial charge in [-0.1, -0.05) is 0 Å². The summed E-state index contributed by atoms with van der Waals surface area (Å²) in [4.78, 5) is 24.9. The van der Waals surface area contributed by atoms with Gasteiger partial charge in [0.05, 0.1) is 4.92 Å². The Morgan fingerprint density at radius 2 is 2.26 bits per heavy atom. The first-order valence-electron chi connectivity index (χ1n) is 7.32. The van der Waals surface area contributed by atoms with Crippen LogP contribution in [0.15, 0.2) is 18.2 Å². The Kier molecular flexibility index (Phi) is 3.73. The maximum absolute atomic E-state index is 12.3. The molecule has 1 aromatic carbocycles. The molecular weight excluding hydrogens is 298 g/mol. The van der Waals surface area contributed by atoms with Gasteiger partial charge < -0.3 is 10.2 Å². The number of nitro groups is 1. The number of aryl methyl sites for hydroxylation is 2. The minimum atomic E-state index is -0.602. The van der Waals surface area contributed by atoms with Crippen molar-refractivity contribution in [3.8, 4) is 0 Å². The molecule has 0 radical (unpaired) electrons. The molecule has 2 heterocycles. The monoisotopic (exact) mass is 315 g/mol. The number of rotatable bonds is 3. The highest BCUT2D eigenvalue weighted by molar-refractivity contribution is 6.05. The summed E-state index contributed by atoms with van der Waals surface area (Å²) >= 11 is 0. The SMILES string of the molecule is Cc1[nH]nc(C(=O)Nc2ccc3c(c2)CCCN3C)c1[N+](=O)[O-]. The van der Waals surface area contributed by atoms with Crippen LogP contribution in [-0.4, -0.2) is 34.6 Å². The van der Waals surface area contributed by atoms with Gasteiger partial charge in [-0.15, -0.1) is 0 Å². The molecule has 120 valence electrons. The predicted molar refractivity (Wildman–Crippen MR) is 86.0 cm³/mol. The van der Waals surface area contributed by atoms with E-state index >= 15 is 0 Å². The Labute approximate surface area is 132 Å². The van der Waals surface area contributed by atoms with E-state index in [0.29, 0.717) is 5.69 Å². The minimum Gasteiger partial charge on any atom is -0.374 e. The van der Waals surface area contributed by atoms with Gasteiger partial charge in [-0.05, 0) is 43.5 Å². The Balaban J connectivity index is 1.85. The molecule has 0 aliphatic carbocycles. The smallest absolute Gasteiger partial charge is 0.322 e. The van der Waals surface area contributed by atoms with Gasteiger partial charge in [-0.25, -0.2) is 0 Å². The number of anilines is 2. The number of hydrogen-bond donors (Lipinski definition) is 2. The lowest BCUT2D eigenvalue weighted by Gasteiger charge is -2.27.